The Hall–Kier alpha value is -4.10. The highest BCUT2D eigenvalue weighted by atomic mass is 32.1. The normalized spacial score (nSPS) is 14.5. The molecular formula is C28H23N3O3S. The molecule has 1 aliphatic rings. The van der Waals surface area contributed by atoms with E-state index in [1.165, 1.54) is 17.6 Å². The summed E-state index contributed by atoms with van der Waals surface area (Å²) in [6.07, 6.45) is 0.650. The number of para-hydroxylation sites is 1. The lowest BCUT2D eigenvalue weighted by molar-refractivity contribution is -0.119. The van der Waals surface area contributed by atoms with E-state index in [0.29, 0.717) is 33.9 Å². The first-order valence-electron chi connectivity index (χ1n) is 11.3. The summed E-state index contributed by atoms with van der Waals surface area (Å²) in [6.45, 7) is 1.42. The maximum atomic E-state index is 13.3. The zero-order valence-corrected chi connectivity index (χ0v) is 19.9. The van der Waals surface area contributed by atoms with Crippen LogP contribution in [-0.4, -0.2) is 21.2 Å². The van der Waals surface area contributed by atoms with Gasteiger partial charge in [-0.15, -0.1) is 0 Å². The molecule has 1 atom stereocenters. The molecule has 5 rings (SSSR count). The van der Waals surface area contributed by atoms with E-state index in [2.05, 4.69) is 10.6 Å². The SMILES string of the molecule is CC(=O)Nc1c(Cc2cccc3ccccc23)cc(=O)n2c1C(=S)CC2C(=O)Nc1ccccc1. The van der Waals surface area contributed by atoms with Crippen molar-refractivity contribution in [3.8, 4) is 0 Å². The number of fused-ring (bicyclic) bond motifs is 2. The number of hydrogen-bond acceptors (Lipinski definition) is 4. The lowest BCUT2D eigenvalue weighted by atomic mass is 9.97. The van der Waals surface area contributed by atoms with Crippen LogP contribution in [0.25, 0.3) is 10.8 Å². The first-order chi connectivity index (χ1) is 16.9. The highest BCUT2D eigenvalue weighted by molar-refractivity contribution is 7.80. The predicted molar refractivity (Wildman–Crippen MR) is 142 cm³/mol. The Kier molecular flexibility index (Phi) is 6.01. The van der Waals surface area contributed by atoms with Crippen LogP contribution in [0.4, 0.5) is 11.4 Å². The fraction of sp³-hybridized carbons (Fsp3) is 0.143. The van der Waals surface area contributed by atoms with Crippen LogP contribution in [0.15, 0.2) is 83.7 Å². The van der Waals surface area contributed by atoms with Crippen molar-refractivity contribution in [2.24, 2.45) is 0 Å². The van der Waals surface area contributed by atoms with Crippen molar-refractivity contribution in [3.05, 3.63) is 106 Å². The molecule has 6 nitrogen and oxygen atoms in total. The minimum Gasteiger partial charge on any atom is -0.324 e. The molecule has 1 aliphatic heterocycles. The molecule has 2 N–H and O–H groups in total. The Balaban J connectivity index is 1.59. The molecule has 0 saturated carbocycles. The second kappa shape index (κ2) is 9.27. The van der Waals surface area contributed by atoms with Gasteiger partial charge in [0.2, 0.25) is 11.8 Å². The molecule has 2 heterocycles. The number of hydrogen-bond donors (Lipinski definition) is 2. The number of rotatable bonds is 5. The largest absolute Gasteiger partial charge is 0.324 e. The number of nitrogens with zero attached hydrogens (tertiary/aromatic N) is 1. The van der Waals surface area contributed by atoms with Crippen molar-refractivity contribution >= 4 is 51.0 Å². The average molecular weight is 482 g/mol. The number of carbonyl (C=O) groups excluding carboxylic acids is 2. The Morgan fingerprint density at radius 2 is 1.66 bits per heavy atom. The molecule has 0 aliphatic carbocycles. The first kappa shape index (κ1) is 22.7. The summed E-state index contributed by atoms with van der Waals surface area (Å²) < 4.78 is 1.42. The van der Waals surface area contributed by atoms with Crippen LogP contribution in [0.3, 0.4) is 0 Å². The molecule has 0 spiro atoms. The summed E-state index contributed by atoms with van der Waals surface area (Å²) in [6, 6.07) is 23.9. The van der Waals surface area contributed by atoms with E-state index in [0.717, 1.165) is 16.3 Å². The van der Waals surface area contributed by atoms with E-state index in [9.17, 15) is 14.4 Å². The predicted octanol–water partition coefficient (Wildman–Crippen LogP) is 4.85. The van der Waals surface area contributed by atoms with E-state index in [-0.39, 0.29) is 23.8 Å². The second-order valence-electron chi connectivity index (χ2n) is 8.60. The Bertz CT molecular complexity index is 1540. The average Bonchev–Trinajstić information content (AvgIpc) is 3.20. The molecule has 1 aromatic heterocycles. The van der Waals surface area contributed by atoms with Gasteiger partial charge in [-0.2, -0.15) is 0 Å². The maximum absolute atomic E-state index is 13.3. The van der Waals surface area contributed by atoms with Crippen LogP contribution >= 0.6 is 12.2 Å². The zero-order valence-electron chi connectivity index (χ0n) is 19.1. The van der Waals surface area contributed by atoms with Gasteiger partial charge in [0.15, 0.2) is 0 Å². The number of anilines is 2. The third-order valence-corrected chi connectivity index (χ3v) is 6.55. The quantitative estimate of drug-likeness (QED) is 0.399. The lowest BCUT2D eigenvalue weighted by Crippen LogP contribution is -2.32. The van der Waals surface area contributed by atoms with Crippen molar-refractivity contribution in [3.63, 3.8) is 0 Å². The van der Waals surface area contributed by atoms with Crippen LogP contribution in [0.5, 0.6) is 0 Å². The van der Waals surface area contributed by atoms with Crippen molar-refractivity contribution < 1.29 is 9.59 Å². The molecular weight excluding hydrogens is 458 g/mol. The van der Waals surface area contributed by atoms with Gasteiger partial charge in [0, 0.05) is 36.4 Å². The van der Waals surface area contributed by atoms with Crippen molar-refractivity contribution in [2.75, 3.05) is 10.6 Å². The van der Waals surface area contributed by atoms with E-state index in [4.69, 9.17) is 12.2 Å². The summed E-state index contributed by atoms with van der Waals surface area (Å²) >= 11 is 5.64. The zero-order chi connectivity index (χ0) is 24.5. The molecule has 0 bridgehead atoms. The summed E-state index contributed by atoms with van der Waals surface area (Å²) in [7, 11) is 0. The van der Waals surface area contributed by atoms with Crippen LogP contribution in [0, 0.1) is 0 Å². The fourth-order valence-corrected chi connectivity index (χ4v) is 5.04. The van der Waals surface area contributed by atoms with Gasteiger partial charge >= 0.3 is 0 Å². The number of carbonyl (C=O) groups is 2. The molecule has 3 aromatic carbocycles. The topological polar surface area (TPSA) is 80.2 Å². The van der Waals surface area contributed by atoms with Gasteiger partial charge in [0.25, 0.3) is 5.56 Å². The number of benzene rings is 3. The Morgan fingerprint density at radius 1 is 0.943 bits per heavy atom. The Labute approximate surface area is 207 Å². The van der Waals surface area contributed by atoms with Crippen LogP contribution in [0.2, 0.25) is 0 Å². The molecule has 0 saturated heterocycles. The van der Waals surface area contributed by atoms with E-state index in [1.54, 1.807) is 12.1 Å². The summed E-state index contributed by atoms with van der Waals surface area (Å²) in [5.74, 6) is -0.597. The number of nitrogens with one attached hydrogen (secondary N) is 2. The van der Waals surface area contributed by atoms with Crippen LogP contribution in [-0.2, 0) is 16.0 Å². The van der Waals surface area contributed by atoms with E-state index in [1.807, 2.05) is 60.7 Å². The molecule has 0 fully saturated rings. The van der Waals surface area contributed by atoms with Crippen LogP contribution in [0.1, 0.15) is 36.2 Å². The van der Waals surface area contributed by atoms with E-state index >= 15 is 0 Å². The molecule has 35 heavy (non-hydrogen) atoms. The summed E-state index contributed by atoms with van der Waals surface area (Å²) in [5, 5.41) is 7.92. The van der Waals surface area contributed by atoms with E-state index < -0.39 is 6.04 Å². The third-order valence-electron chi connectivity index (χ3n) is 6.19. The molecule has 0 radical (unpaired) electrons. The number of thiocarbonyl (C=S) groups is 1. The molecule has 7 heteroatoms. The highest BCUT2D eigenvalue weighted by Crippen LogP contribution is 2.34. The summed E-state index contributed by atoms with van der Waals surface area (Å²) in [4.78, 5) is 39.1. The standard InChI is InChI=1S/C28H23N3O3S/c1-17(32)29-26-20(14-19-10-7-9-18-8-5-6-13-22(18)19)15-25(33)31-23(16-24(35)27(26)31)28(34)30-21-11-3-2-4-12-21/h2-13,15,23H,14,16H2,1H3,(H,29,32)(H,30,34). The summed E-state index contributed by atoms with van der Waals surface area (Å²) in [5.41, 5.74) is 2.94. The number of aromatic nitrogens is 1. The van der Waals surface area contributed by atoms with Gasteiger partial charge in [-0.25, -0.2) is 0 Å². The smallest absolute Gasteiger partial charge is 0.252 e. The van der Waals surface area contributed by atoms with Gasteiger partial charge in [0.1, 0.15) is 6.04 Å². The minimum atomic E-state index is -0.788. The van der Waals surface area contributed by atoms with Gasteiger partial charge in [-0.05, 0) is 34.0 Å². The van der Waals surface area contributed by atoms with Gasteiger partial charge in [-0.3, -0.25) is 19.0 Å². The molecule has 4 aromatic rings. The van der Waals surface area contributed by atoms with Gasteiger partial charge < -0.3 is 10.6 Å². The van der Waals surface area contributed by atoms with Crippen molar-refractivity contribution in [1.82, 2.24) is 4.57 Å². The first-order valence-corrected chi connectivity index (χ1v) is 11.7. The van der Waals surface area contributed by atoms with Crippen molar-refractivity contribution in [1.29, 1.82) is 0 Å². The molecule has 2 amide bonds. The number of amides is 2. The highest BCUT2D eigenvalue weighted by Gasteiger charge is 2.36. The van der Waals surface area contributed by atoms with Gasteiger partial charge in [0.05, 0.1) is 11.4 Å². The van der Waals surface area contributed by atoms with Crippen LogP contribution < -0.4 is 16.2 Å². The number of pyridine rings is 1. The fourth-order valence-electron chi connectivity index (χ4n) is 4.68. The Morgan fingerprint density at radius 3 is 2.43 bits per heavy atom. The van der Waals surface area contributed by atoms with Crippen molar-refractivity contribution in [2.45, 2.75) is 25.8 Å². The monoisotopic (exact) mass is 481 g/mol. The lowest BCUT2D eigenvalue weighted by Gasteiger charge is -2.19. The molecule has 174 valence electrons. The third kappa shape index (κ3) is 4.38. The maximum Gasteiger partial charge on any atom is 0.252 e. The second-order valence-corrected chi connectivity index (χ2v) is 9.09. The minimum absolute atomic E-state index is 0.216. The molecule has 1 unspecified atom stereocenters. The van der Waals surface area contributed by atoms with Gasteiger partial charge in [-0.1, -0.05) is 72.9 Å².